The maximum atomic E-state index is 14.6. The number of allylic oxidation sites excluding steroid dienone is 6. The van der Waals surface area contributed by atoms with E-state index in [0.29, 0.717) is 82.6 Å². The van der Waals surface area contributed by atoms with Crippen LogP contribution in [0.5, 0.6) is 0 Å². The Kier molecular flexibility index (Phi) is 23.9. The second-order valence-corrected chi connectivity index (χ2v) is 22.2. The average Bonchev–Trinajstić information content (AvgIpc) is 3.37. The molecule has 15 atom stereocenters. The van der Waals surface area contributed by atoms with E-state index >= 15 is 0 Å². The Morgan fingerprint density at radius 1 is 0.863 bits per heavy atom. The highest BCUT2D eigenvalue weighted by Gasteiger charge is 2.53. The van der Waals surface area contributed by atoms with Gasteiger partial charge >= 0.3 is 11.9 Å². The number of methoxy groups -OCH3 is 3. The third-order valence-corrected chi connectivity index (χ3v) is 16.8. The Bertz CT molecular complexity index is 2000. The highest BCUT2D eigenvalue weighted by molar-refractivity contribution is 6.39. The number of carbonyl (C=O) groups is 6. The first kappa shape index (κ1) is 61.7. The number of hydrogen-bond acceptors (Lipinski definition) is 14. The van der Waals surface area contributed by atoms with Gasteiger partial charge in [-0.15, -0.1) is 0 Å². The van der Waals surface area contributed by atoms with Gasteiger partial charge in [-0.2, -0.15) is 0 Å². The second kappa shape index (κ2) is 28.3. The maximum Gasteiger partial charge on any atom is 0.329 e. The van der Waals surface area contributed by atoms with E-state index < -0.39 is 89.3 Å². The summed E-state index contributed by atoms with van der Waals surface area (Å²) in [6.45, 7) is 18.6. The first-order valence-electron chi connectivity index (χ1n) is 27.2. The van der Waals surface area contributed by atoms with Crippen molar-refractivity contribution in [2.75, 3.05) is 27.9 Å². The lowest BCUT2D eigenvalue weighted by atomic mass is 9.78. The van der Waals surface area contributed by atoms with Crippen LogP contribution in [0.3, 0.4) is 0 Å². The zero-order valence-corrected chi connectivity index (χ0v) is 46.4. The van der Waals surface area contributed by atoms with Crippen molar-refractivity contribution in [2.24, 2.45) is 40.9 Å². The quantitative estimate of drug-likeness (QED) is 0.120. The molecule has 2 N–H and O–H groups in total. The van der Waals surface area contributed by atoms with Gasteiger partial charge in [-0.1, -0.05) is 84.9 Å². The molecule has 1 saturated carbocycles. The largest absolute Gasteiger partial charge is 0.460 e. The fourth-order valence-corrected chi connectivity index (χ4v) is 11.1. The van der Waals surface area contributed by atoms with Crippen LogP contribution < -0.4 is 0 Å². The minimum absolute atomic E-state index is 0.00816. The van der Waals surface area contributed by atoms with E-state index in [1.807, 2.05) is 78.8 Å². The van der Waals surface area contributed by atoms with E-state index in [-0.39, 0.29) is 60.8 Å². The number of cyclic esters (lactones) is 1. The molecule has 1 aliphatic carbocycles. The van der Waals surface area contributed by atoms with Gasteiger partial charge in [0.15, 0.2) is 5.78 Å². The van der Waals surface area contributed by atoms with Crippen molar-refractivity contribution in [1.29, 1.82) is 0 Å². The molecule has 15 nitrogen and oxygen atoms in total. The number of Topliss-reactive ketones (excluding diaryl/α,β-unsaturated/α-hetero) is 3. The molecule has 2 bridgehead atoms. The predicted octanol–water partition coefficient (Wildman–Crippen LogP) is 8.56. The van der Waals surface area contributed by atoms with Crippen molar-refractivity contribution in [3.05, 3.63) is 47.6 Å². The molecule has 3 fully saturated rings. The molecule has 15 unspecified atom stereocenters. The lowest BCUT2D eigenvalue weighted by Crippen LogP contribution is -2.61. The van der Waals surface area contributed by atoms with Gasteiger partial charge in [0.25, 0.3) is 11.7 Å². The van der Waals surface area contributed by atoms with E-state index in [9.17, 15) is 39.0 Å². The van der Waals surface area contributed by atoms with Crippen LogP contribution in [0.2, 0.25) is 0 Å². The van der Waals surface area contributed by atoms with E-state index in [4.69, 9.17) is 28.4 Å². The molecule has 4 rings (SSSR count). The van der Waals surface area contributed by atoms with Crippen molar-refractivity contribution in [3.8, 4) is 0 Å². The number of carbonyl (C=O) groups excluding carboxylic acids is 6. The van der Waals surface area contributed by atoms with Crippen molar-refractivity contribution in [1.82, 2.24) is 4.90 Å². The van der Waals surface area contributed by atoms with Crippen LogP contribution in [-0.2, 0) is 57.2 Å². The molecular formula is C58H91NO14. The van der Waals surface area contributed by atoms with Gasteiger partial charge in [0.05, 0.1) is 23.7 Å². The molecule has 0 aromatic carbocycles. The molecule has 73 heavy (non-hydrogen) atoms. The number of rotatable bonds is 10. The number of esters is 2. The molecule has 2 saturated heterocycles. The standard InChI is InChI=1S/C58H91NO14/c1-14-57(10,15-2)56(66)72-46-27-25-42(32-49(46)69-12)31-38(6)48-34-45(60)37(5)30-40(8)51(62)52(70-13)50(61)39(7)29-35(3)21-17-16-18-22-36(4)47(68-11)33-43-26-24-41(9)58(67,73-43)53(63)54(64)59-28-20-19-23-44(59)55(65)71-48/h16-18,21-22,30,35,37-39,41-44,46-49,51-52,62,67H,14-15,19-20,23-29,31-34H2,1-13H3/b18-16+,21-17+,36-22+,40-30+. The minimum Gasteiger partial charge on any atom is -0.460 e. The normalized spacial score (nSPS) is 37.4. The summed E-state index contributed by atoms with van der Waals surface area (Å²) in [6, 6.07) is -1.17. The van der Waals surface area contributed by atoms with E-state index in [2.05, 4.69) is 0 Å². The molecule has 1 amide bonds. The van der Waals surface area contributed by atoms with Crippen LogP contribution in [0.15, 0.2) is 47.6 Å². The lowest BCUT2D eigenvalue weighted by Gasteiger charge is -2.42. The van der Waals surface area contributed by atoms with Gasteiger partial charge in [-0.25, -0.2) is 4.79 Å². The molecule has 0 aromatic rings. The summed E-state index contributed by atoms with van der Waals surface area (Å²) in [7, 11) is 4.56. The third-order valence-electron chi connectivity index (χ3n) is 16.8. The first-order chi connectivity index (χ1) is 34.5. The molecular weight excluding hydrogens is 935 g/mol. The van der Waals surface area contributed by atoms with Gasteiger partial charge in [0.2, 0.25) is 5.79 Å². The van der Waals surface area contributed by atoms with Gasteiger partial charge in [-0.05, 0) is 127 Å². The van der Waals surface area contributed by atoms with Gasteiger partial charge in [0, 0.05) is 58.5 Å². The third kappa shape index (κ3) is 16.1. The van der Waals surface area contributed by atoms with Crippen LogP contribution in [0, 0.1) is 40.9 Å². The molecule has 3 heterocycles. The molecule has 412 valence electrons. The van der Waals surface area contributed by atoms with Gasteiger partial charge in [-0.3, -0.25) is 24.0 Å². The number of hydrogen-bond donors (Lipinski definition) is 2. The van der Waals surface area contributed by atoms with Gasteiger partial charge < -0.3 is 43.5 Å². The summed E-state index contributed by atoms with van der Waals surface area (Å²) in [5, 5.41) is 23.6. The number of fused-ring (bicyclic) bond motifs is 3. The summed E-state index contributed by atoms with van der Waals surface area (Å²) < 4.78 is 36.0. The van der Waals surface area contributed by atoms with Gasteiger partial charge in [0.1, 0.15) is 36.2 Å². The Balaban J connectivity index is 1.69. The average molecular weight is 1030 g/mol. The number of piperidine rings is 1. The fourth-order valence-electron chi connectivity index (χ4n) is 11.1. The number of ether oxygens (including phenoxy) is 6. The van der Waals surface area contributed by atoms with Crippen molar-refractivity contribution in [3.63, 3.8) is 0 Å². The number of amides is 1. The monoisotopic (exact) mass is 1030 g/mol. The number of aliphatic hydroxyl groups excluding tert-OH is 1. The fraction of sp³-hybridized carbons (Fsp3) is 0.759. The number of nitrogens with zero attached hydrogens (tertiary/aromatic N) is 1. The van der Waals surface area contributed by atoms with Crippen molar-refractivity contribution >= 4 is 35.2 Å². The SMILES string of the molecule is CCC(C)(CC)C(=O)OC1CCC(CC(C)C2CC(=O)C(C)/C=C(\C)C(O)C(OC)C(=O)C(C)CC(C)/C=C/C=C/C=C(\C)C(OC)CC3CCC(C)C(O)(O3)C(=O)C(=O)N3CCCCC3C(=O)O2)CC1OC. The van der Waals surface area contributed by atoms with Crippen molar-refractivity contribution in [2.45, 2.75) is 214 Å². The summed E-state index contributed by atoms with van der Waals surface area (Å²) in [4.78, 5) is 85.9. The Labute approximate surface area is 436 Å². The summed E-state index contributed by atoms with van der Waals surface area (Å²) >= 11 is 0. The van der Waals surface area contributed by atoms with E-state index in [0.717, 1.165) is 5.57 Å². The summed E-state index contributed by atoms with van der Waals surface area (Å²) in [6.07, 6.45) is 12.4. The lowest BCUT2D eigenvalue weighted by molar-refractivity contribution is -0.265. The molecule has 4 aliphatic rings. The highest BCUT2D eigenvalue weighted by atomic mass is 16.6. The van der Waals surface area contributed by atoms with Crippen LogP contribution in [0.1, 0.15) is 159 Å². The molecule has 0 radical (unpaired) electrons. The topological polar surface area (TPSA) is 201 Å². The highest BCUT2D eigenvalue weighted by Crippen LogP contribution is 2.39. The smallest absolute Gasteiger partial charge is 0.329 e. The zero-order chi connectivity index (χ0) is 54.4. The molecule has 0 spiro atoms. The number of aliphatic hydroxyl groups is 2. The van der Waals surface area contributed by atoms with Crippen LogP contribution >= 0.6 is 0 Å². The van der Waals surface area contributed by atoms with Crippen LogP contribution in [-0.4, -0.2) is 133 Å². The second-order valence-electron chi connectivity index (χ2n) is 22.2. The summed E-state index contributed by atoms with van der Waals surface area (Å²) in [5.41, 5.74) is 0.653. The first-order valence-corrected chi connectivity index (χ1v) is 27.2. The number of ketones is 3. The van der Waals surface area contributed by atoms with Crippen LogP contribution in [0.4, 0.5) is 0 Å². The molecule has 15 heteroatoms. The Hall–Kier alpha value is -3.86. The predicted molar refractivity (Wildman–Crippen MR) is 278 cm³/mol. The Morgan fingerprint density at radius 3 is 2.21 bits per heavy atom. The van der Waals surface area contributed by atoms with Crippen molar-refractivity contribution < 1.29 is 67.4 Å². The molecule has 0 aromatic heterocycles. The van der Waals surface area contributed by atoms with E-state index in [1.54, 1.807) is 41.1 Å². The maximum absolute atomic E-state index is 14.6. The minimum atomic E-state index is -2.45. The van der Waals surface area contributed by atoms with E-state index in [1.165, 1.54) is 12.0 Å². The molecule has 3 aliphatic heterocycles. The summed E-state index contributed by atoms with van der Waals surface area (Å²) in [5.74, 6) is -8.43. The Morgan fingerprint density at radius 2 is 1.56 bits per heavy atom. The zero-order valence-electron chi connectivity index (χ0n) is 46.4. The van der Waals surface area contributed by atoms with Crippen LogP contribution in [0.25, 0.3) is 0 Å².